The number of hydrogen-bond acceptors (Lipinski definition) is 3. The van der Waals surface area contributed by atoms with Gasteiger partial charge in [-0.15, -0.1) is 22.7 Å². The first kappa shape index (κ1) is 28.8. The molecule has 0 unspecified atom stereocenters. The minimum absolute atomic E-state index is 1.26. The third-order valence-electron chi connectivity index (χ3n) is 5.79. The van der Waals surface area contributed by atoms with Crippen molar-refractivity contribution in [2.75, 3.05) is 0 Å². The summed E-state index contributed by atoms with van der Waals surface area (Å²) in [6.45, 7) is 2.30. The van der Waals surface area contributed by atoms with Gasteiger partial charge in [0.2, 0.25) is 0 Å². The molecule has 2 heterocycles. The van der Waals surface area contributed by atoms with Crippen molar-refractivity contribution in [3.8, 4) is 0 Å². The van der Waals surface area contributed by atoms with Gasteiger partial charge in [-0.25, -0.2) is 0 Å². The van der Waals surface area contributed by atoms with Crippen LogP contribution in [0.4, 0.5) is 0 Å². The highest BCUT2D eigenvalue weighted by atomic mass is 79.9. The summed E-state index contributed by atoms with van der Waals surface area (Å²) in [7, 11) is 0. The number of hydrogen-bond donors (Lipinski definition) is 0. The SMILES string of the molecule is CCCCCCCCCCCCCCCCCCCCc1csc(Br)c1.c1cscn1. The van der Waals surface area contributed by atoms with Crippen LogP contribution in [0.2, 0.25) is 0 Å². The molecular weight excluding hydrogens is 482 g/mol. The van der Waals surface area contributed by atoms with E-state index in [0.717, 1.165) is 0 Å². The van der Waals surface area contributed by atoms with Crippen molar-refractivity contribution in [2.24, 2.45) is 0 Å². The molecule has 0 amide bonds. The predicted molar refractivity (Wildman–Crippen MR) is 147 cm³/mol. The molecule has 0 fully saturated rings. The zero-order chi connectivity index (χ0) is 22.2. The Morgan fingerprint density at radius 2 is 1.19 bits per heavy atom. The molecule has 0 aromatic carbocycles. The highest BCUT2D eigenvalue weighted by Crippen LogP contribution is 2.22. The van der Waals surface area contributed by atoms with Gasteiger partial charge in [-0.3, -0.25) is 4.98 Å². The maximum atomic E-state index is 3.74. The fraction of sp³-hybridized carbons (Fsp3) is 0.741. The maximum absolute atomic E-state index is 3.74. The third-order valence-corrected chi connectivity index (χ3v) is 7.86. The highest BCUT2D eigenvalue weighted by Gasteiger charge is 1.98. The van der Waals surface area contributed by atoms with Gasteiger partial charge in [0, 0.05) is 11.6 Å². The van der Waals surface area contributed by atoms with E-state index in [1.807, 2.05) is 16.7 Å². The van der Waals surface area contributed by atoms with Crippen LogP contribution in [-0.2, 0) is 6.42 Å². The summed E-state index contributed by atoms with van der Waals surface area (Å²) in [5, 5.41) is 4.22. The first-order valence-electron chi connectivity index (χ1n) is 12.9. The highest BCUT2D eigenvalue weighted by molar-refractivity contribution is 9.11. The quantitative estimate of drug-likeness (QED) is 0.165. The van der Waals surface area contributed by atoms with E-state index >= 15 is 0 Å². The second-order valence-electron chi connectivity index (χ2n) is 8.70. The zero-order valence-electron chi connectivity index (χ0n) is 20.0. The van der Waals surface area contributed by atoms with Crippen LogP contribution in [0.1, 0.15) is 128 Å². The molecule has 178 valence electrons. The monoisotopic (exact) mass is 527 g/mol. The topological polar surface area (TPSA) is 12.9 Å². The lowest BCUT2D eigenvalue weighted by atomic mass is 10.0. The molecule has 0 spiro atoms. The number of thiazole rings is 1. The Balaban J connectivity index is 0.000000836. The van der Waals surface area contributed by atoms with Crippen molar-refractivity contribution in [3.05, 3.63) is 37.9 Å². The fourth-order valence-electron chi connectivity index (χ4n) is 3.88. The van der Waals surface area contributed by atoms with Crippen LogP contribution >= 0.6 is 38.6 Å². The summed E-state index contributed by atoms with van der Waals surface area (Å²) in [5.74, 6) is 0. The Bertz CT molecular complexity index is 550. The molecule has 0 aliphatic heterocycles. The van der Waals surface area contributed by atoms with E-state index in [1.165, 1.54) is 131 Å². The van der Waals surface area contributed by atoms with Gasteiger partial charge in [0.1, 0.15) is 0 Å². The molecule has 2 aromatic rings. The summed E-state index contributed by atoms with van der Waals surface area (Å²) in [4.78, 5) is 3.74. The van der Waals surface area contributed by atoms with E-state index in [9.17, 15) is 0 Å². The van der Waals surface area contributed by atoms with E-state index in [0.29, 0.717) is 0 Å². The van der Waals surface area contributed by atoms with Crippen molar-refractivity contribution in [2.45, 2.75) is 129 Å². The Kier molecular flexibility index (Phi) is 21.4. The van der Waals surface area contributed by atoms with E-state index < -0.39 is 0 Å². The molecule has 1 nitrogen and oxygen atoms in total. The summed E-state index contributed by atoms with van der Waals surface area (Å²) in [5.41, 5.74) is 3.30. The molecule has 0 saturated carbocycles. The molecule has 0 bridgehead atoms. The van der Waals surface area contributed by atoms with Gasteiger partial charge in [0.15, 0.2) is 0 Å². The molecule has 2 rings (SSSR count). The molecule has 0 saturated heterocycles. The van der Waals surface area contributed by atoms with Crippen molar-refractivity contribution < 1.29 is 0 Å². The van der Waals surface area contributed by atoms with Crippen molar-refractivity contribution >= 4 is 38.6 Å². The number of thiophene rings is 1. The lowest BCUT2D eigenvalue weighted by molar-refractivity contribution is 0.525. The average molecular weight is 529 g/mol. The zero-order valence-corrected chi connectivity index (χ0v) is 23.2. The predicted octanol–water partition coefficient (Wildman–Crippen LogP) is 11.2. The van der Waals surface area contributed by atoms with Crippen LogP contribution in [0, 0.1) is 0 Å². The van der Waals surface area contributed by atoms with Crippen molar-refractivity contribution in [1.29, 1.82) is 0 Å². The van der Waals surface area contributed by atoms with E-state index in [2.05, 4.69) is 39.3 Å². The number of halogens is 1. The summed E-state index contributed by atoms with van der Waals surface area (Å²) < 4.78 is 1.27. The maximum Gasteiger partial charge on any atom is 0.0791 e. The molecule has 0 aliphatic rings. The van der Waals surface area contributed by atoms with Gasteiger partial charge in [-0.1, -0.05) is 116 Å². The number of aryl methyl sites for hydroxylation is 1. The number of nitrogens with zero attached hydrogens (tertiary/aromatic N) is 1. The molecule has 4 heteroatoms. The van der Waals surface area contributed by atoms with Crippen molar-refractivity contribution in [3.63, 3.8) is 0 Å². The number of unbranched alkanes of at least 4 members (excludes halogenated alkanes) is 17. The summed E-state index contributed by atoms with van der Waals surface area (Å²) >= 11 is 6.96. The van der Waals surface area contributed by atoms with Gasteiger partial charge in [0.05, 0.1) is 9.30 Å². The van der Waals surface area contributed by atoms with E-state index in [-0.39, 0.29) is 0 Å². The van der Waals surface area contributed by atoms with Gasteiger partial charge in [-0.05, 0) is 45.8 Å². The van der Waals surface area contributed by atoms with Crippen LogP contribution in [0.3, 0.4) is 0 Å². The summed E-state index contributed by atoms with van der Waals surface area (Å²) in [6, 6.07) is 2.28. The first-order chi connectivity index (χ1) is 15.3. The van der Waals surface area contributed by atoms with Crippen LogP contribution < -0.4 is 0 Å². The van der Waals surface area contributed by atoms with Crippen molar-refractivity contribution in [1.82, 2.24) is 4.98 Å². The molecule has 31 heavy (non-hydrogen) atoms. The Hall–Kier alpha value is -0.190. The molecular formula is C27H46BrNS2. The number of aromatic nitrogens is 1. The van der Waals surface area contributed by atoms with E-state index in [1.54, 1.807) is 23.0 Å². The molecule has 0 atom stereocenters. The normalized spacial score (nSPS) is 10.8. The average Bonchev–Trinajstić information content (AvgIpc) is 3.48. The lowest BCUT2D eigenvalue weighted by Crippen LogP contribution is -1.85. The fourth-order valence-corrected chi connectivity index (χ4v) is 5.48. The van der Waals surface area contributed by atoms with Gasteiger partial charge in [0.25, 0.3) is 0 Å². The Morgan fingerprint density at radius 3 is 1.52 bits per heavy atom. The van der Waals surface area contributed by atoms with Crippen LogP contribution in [-0.4, -0.2) is 4.98 Å². The minimum atomic E-state index is 1.26. The van der Waals surface area contributed by atoms with Gasteiger partial charge < -0.3 is 0 Å². The summed E-state index contributed by atoms with van der Waals surface area (Å²) in [6.07, 6.45) is 29.2. The lowest BCUT2D eigenvalue weighted by Gasteiger charge is -2.04. The van der Waals surface area contributed by atoms with Crippen LogP contribution in [0.5, 0.6) is 0 Å². The van der Waals surface area contributed by atoms with Gasteiger partial charge >= 0.3 is 0 Å². The Morgan fingerprint density at radius 1 is 0.710 bits per heavy atom. The standard InChI is InChI=1S/C24H43BrS.C3H3NS/c1-2-3-4-5-6-7-8-9-10-11-12-13-14-15-16-17-18-19-20-23-21-24(25)26-22-23;1-2-5-3-4-1/h21-22H,2-20H2,1H3;1-3H. The second kappa shape index (κ2) is 23.0. The number of rotatable bonds is 19. The van der Waals surface area contributed by atoms with Crippen LogP contribution in [0.15, 0.2) is 32.3 Å². The minimum Gasteiger partial charge on any atom is -0.253 e. The molecule has 0 N–H and O–H groups in total. The molecule has 0 aliphatic carbocycles. The molecule has 0 radical (unpaired) electrons. The van der Waals surface area contributed by atoms with Gasteiger partial charge in [-0.2, -0.15) is 0 Å². The third kappa shape index (κ3) is 20.2. The largest absolute Gasteiger partial charge is 0.253 e. The van der Waals surface area contributed by atoms with E-state index in [4.69, 9.17) is 0 Å². The Labute approximate surface area is 209 Å². The second-order valence-corrected chi connectivity index (χ2v) is 11.7. The smallest absolute Gasteiger partial charge is 0.0791 e. The molecule has 2 aromatic heterocycles. The first-order valence-corrected chi connectivity index (χ1v) is 15.5. The van der Waals surface area contributed by atoms with Crippen LogP contribution in [0.25, 0.3) is 0 Å².